The van der Waals surface area contributed by atoms with Crippen molar-refractivity contribution in [2.75, 3.05) is 47.3 Å². The zero-order valence-corrected chi connectivity index (χ0v) is 14.1. The minimum atomic E-state index is 0.537. The van der Waals surface area contributed by atoms with Gasteiger partial charge in [0.15, 0.2) is 0 Å². The highest BCUT2D eigenvalue weighted by molar-refractivity contribution is 4.91. The average Bonchev–Trinajstić information content (AvgIpc) is 2.43. The van der Waals surface area contributed by atoms with Gasteiger partial charge in [0.05, 0.1) is 0 Å². The number of likely N-dealkylation sites (tertiary alicyclic amines) is 1. The van der Waals surface area contributed by atoms with Gasteiger partial charge in [0.1, 0.15) is 0 Å². The van der Waals surface area contributed by atoms with Crippen LogP contribution in [0, 0.1) is 11.3 Å². The number of nitrogens with one attached hydrogen (secondary N) is 1. The molecule has 1 saturated heterocycles. The van der Waals surface area contributed by atoms with E-state index in [4.69, 9.17) is 0 Å². The molecule has 3 heteroatoms. The van der Waals surface area contributed by atoms with E-state index >= 15 is 0 Å². The Morgan fingerprint density at radius 3 is 2.50 bits per heavy atom. The van der Waals surface area contributed by atoms with E-state index in [-0.39, 0.29) is 0 Å². The molecule has 0 spiro atoms. The fourth-order valence-corrected chi connectivity index (χ4v) is 4.21. The second kappa shape index (κ2) is 7.24. The van der Waals surface area contributed by atoms with Crippen molar-refractivity contribution in [3.63, 3.8) is 0 Å². The average molecular weight is 281 g/mol. The summed E-state index contributed by atoms with van der Waals surface area (Å²) in [5.41, 5.74) is 0.537. The van der Waals surface area contributed by atoms with E-state index in [1.807, 2.05) is 0 Å². The molecule has 1 aliphatic heterocycles. The van der Waals surface area contributed by atoms with Crippen LogP contribution in [0.3, 0.4) is 0 Å². The number of likely N-dealkylation sites (N-methyl/N-ethyl adjacent to an activating group) is 1. The molecule has 1 N–H and O–H groups in total. The summed E-state index contributed by atoms with van der Waals surface area (Å²) >= 11 is 0. The van der Waals surface area contributed by atoms with E-state index in [1.165, 1.54) is 64.7 Å². The first-order valence-electron chi connectivity index (χ1n) is 8.58. The molecule has 0 aromatic heterocycles. The van der Waals surface area contributed by atoms with Crippen molar-refractivity contribution >= 4 is 0 Å². The van der Waals surface area contributed by atoms with Gasteiger partial charge in [-0.25, -0.2) is 0 Å². The molecule has 2 rings (SSSR count). The smallest absolute Gasteiger partial charge is 0.0217 e. The standard InChI is InChI=1S/C17H35N3/c1-15-7-9-17(10-8-15,13-18-2)14-20-11-5-6-16(12-20)19(3)4/h15-16,18H,5-14H2,1-4H3. The van der Waals surface area contributed by atoms with Crippen molar-refractivity contribution in [2.24, 2.45) is 11.3 Å². The van der Waals surface area contributed by atoms with Crippen LogP contribution in [0.2, 0.25) is 0 Å². The summed E-state index contributed by atoms with van der Waals surface area (Å²) in [7, 11) is 6.60. The third-order valence-electron chi connectivity index (χ3n) is 5.66. The maximum atomic E-state index is 3.48. The lowest BCUT2D eigenvalue weighted by Gasteiger charge is -2.45. The first kappa shape index (κ1) is 16.3. The van der Waals surface area contributed by atoms with Crippen molar-refractivity contribution < 1.29 is 0 Å². The van der Waals surface area contributed by atoms with Crippen LogP contribution in [0.15, 0.2) is 0 Å². The van der Waals surface area contributed by atoms with Crippen LogP contribution >= 0.6 is 0 Å². The van der Waals surface area contributed by atoms with Gasteiger partial charge in [-0.3, -0.25) is 0 Å². The maximum absolute atomic E-state index is 3.48. The predicted molar refractivity (Wildman–Crippen MR) is 87.1 cm³/mol. The molecule has 3 nitrogen and oxygen atoms in total. The second-order valence-electron chi connectivity index (χ2n) is 7.71. The molecule has 1 atom stereocenters. The zero-order valence-electron chi connectivity index (χ0n) is 14.1. The Morgan fingerprint density at radius 2 is 1.90 bits per heavy atom. The topological polar surface area (TPSA) is 18.5 Å². The Kier molecular flexibility index (Phi) is 5.88. The minimum Gasteiger partial charge on any atom is -0.319 e. The Bertz CT molecular complexity index is 282. The van der Waals surface area contributed by atoms with Gasteiger partial charge in [0.25, 0.3) is 0 Å². The highest BCUT2D eigenvalue weighted by Gasteiger charge is 2.36. The molecule has 0 amide bonds. The van der Waals surface area contributed by atoms with Crippen LogP contribution in [0.25, 0.3) is 0 Å². The van der Waals surface area contributed by atoms with E-state index in [2.05, 4.69) is 43.2 Å². The number of hydrogen-bond acceptors (Lipinski definition) is 3. The zero-order chi connectivity index (χ0) is 14.6. The number of piperidine rings is 1. The minimum absolute atomic E-state index is 0.537. The van der Waals surface area contributed by atoms with E-state index in [0.717, 1.165) is 12.0 Å². The Morgan fingerprint density at radius 1 is 1.20 bits per heavy atom. The molecule has 1 heterocycles. The molecule has 0 aromatic rings. The molecule has 20 heavy (non-hydrogen) atoms. The highest BCUT2D eigenvalue weighted by atomic mass is 15.2. The van der Waals surface area contributed by atoms with Gasteiger partial charge in [0, 0.05) is 25.7 Å². The number of rotatable bonds is 5. The summed E-state index contributed by atoms with van der Waals surface area (Å²) in [6.07, 6.45) is 8.42. The quantitative estimate of drug-likeness (QED) is 0.835. The van der Waals surface area contributed by atoms with Gasteiger partial charge in [-0.05, 0) is 64.7 Å². The monoisotopic (exact) mass is 281 g/mol. The third kappa shape index (κ3) is 4.19. The summed E-state index contributed by atoms with van der Waals surface area (Å²) in [6.45, 7) is 7.51. The van der Waals surface area contributed by atoms with Gasteiger partial charge < -0.3 is 15.1 Å². The summed E-state index contributed by atoms with van der Waals surface area (Å²) in [5, 5.41) is 3.48. The van der Waals surface area contributed by atoms with E-state index in [1.54, 1.807) is 0 Å². The Balaban J connectivity index is 1.93. The lowest BCUT2D eigenvalue weighted by atomic mass is 9.70. The van der Waals surface area contributed by atoms with Crippen LogP contribution < -0.4 is 5.32 Å². The Labute approximate surface area is 126 Å². The third-order valence-corrected chi connectivity index (χ3v) is 5.66. The van der Waals surface area contributed by atoms with Gasteiger partial charge in [-0.2, -0.15) is 0 Å². The van der Waals surface area contributed by atoms with Gasteiger partial charge in [-0.15, -0.1) is 0 Å². The van der Waals surface area contributed by atoms with E-state index in [0.29, 0.717) is 5.41 Å². The largest absolute Gasteiger partial charge is 0.319 e. The first-order valence-corrected chi connectivity index (χ1v) is 8.58. The Hall–Kier alpha value is -0.120. The van der Waals surface area contributed by atoms with Crippen LogP contribution in [-0.2, 0) is 0 Å². The molecule has 2 fully saturated rings. The molecular weight excluding hydrogens is 246 g/mol. The molecule has 0 radical (unpaired) electrons. The van der Waals surface area contributed by atoms with E-state index < -0.39 is 0 Å². The molecule has 1 aliphatic carbocycles. The summed E-state index contributed by atoms with van der Waals surface area (Å²) in [4.78, 5) is 5.17. The summed E-state index contributed by atoms with van der Waals surface area (Å²) in [6, 6.07) is 0.762. The number of hydrogen-bond donors (Lipinski definition) is 1. The molecule has 1 unspecified atom stereocenters. The highest BCUT2D eigenvalue weighted by Crippen LogP contribution is 2.39. The molecule has 2 aliphatic rings. The van der Waals surface area contributed by atoms with Gasteiger partial charge in [-0.1, -0.05) is 19.8 Å². The van der Waals surface area contributed by atoms with Gasteiger partial charge in [0.2, 0.25) is 0 Å². The molecule has 0 bridgehead atoms. The van der Waals surface area contributed by atoms with Crippen molar-refractivity contribution in [3.8, 4) is 0 Å². The van der Waals surface area contributed by atoms with Crippen molar-refractivity contribution in [3.05, 3.63) is 0 Å². The lowest BCUT2D eigenvalue weighted by molar-refractivity contribution is 0.0538. The predicted octanol–water partition coefficient (Wildman–Crippen LogP) is 2.43. The number of nitrogens with zero attached hydrogens (tertiary/aromatic N) is 2. The lowest BCUT2D eigenvalue weighted by Crippen LogP contribution is -2.51. The molecule has 0 aromatic carbocycles. The SMILES string of the molecule is CNCC1(CN2CCCC(N(C)C)C2)CCC(C)CC1. The first-order chi connectivity index (χ1) is 9.54. The van der Waals surface area contributed by atoms with Crippen LogP contribution in [0.1, 0.15) is 45.4 Å². The van der Waals surface area contributed by atoms with E-state index in [9.17, 15) is 0 Å². The molecule has 1 saturated carbocycles. The van der Waals surface area contributed by atoms with Crippen molar-refractivity contribution in [2.45, 2.75) is 51.5 Å². The fraction of sp³-hybridized carbons (Fsp3) is 1.00. The summed E-state index contributed by atoms with van der Waals surface area (Å²) in [5.74, 6) is 0.941. The second-order valence-corrected chi connectivity index (χ2v) is 7.71. The molecular formula is C17H35N3. The van der Waals surface area contributed by atoms with Crippen molar-refractivity contribution in [1.82, 2.24) is 15.1 Å². The summed E-state index contributed by atoms with van der Waals surface area (Å²) < 4.78 is 0. The van der Waals surface area contributed by atoms with Crippen LogP contribution in [-0.4, -0.2) is 63.2 Å². The van der Waals surface area contributed by atoms with Crippen molar-refractivity contribution in [1.29, 1.82) is 0 Å². The molecule has 118 valence electrons. The van der Waals surface area contributed by atoms with Crippen LogP contribution in [0.5, 0.6) is 0 Å². The normalized spacial score (nSPS) is 36.5. The fourth-order valence-electron chi connectivity index (χ4n) is 4.21. The van der Waals surface area contributed by atoms with Crippen LogP contribution in [0.4, 0.5) is 0 Å². The van der Waals surface area contributed by atoms with Gasteiger partial charge >= 0.3 is 0 Å². The maximum Gasteiger partial charge on any atom is 0.0217 e.